The number of rotatable bonds is 6. The Morgan fingerprint density at radius 1 is 1.46 bits per heavy atom. The quantitative estimate of drug-likeness (QED) is 0.497. The monoisotopic (exact) mass is 339 g/mol. The minimum Gasteiger partial charge on any atom is -0.387 e. The summed E-state index contributed by atoms with van der Waals surface area (Å²) in [6.45, 7) is 2.78. The summed E-state index contributed by atoms with van der Waals surface area (Å²) in [7, 11) is 0. The molecule has 3 rings (SSSR count). The van der Waals surface area contributed by atoms with Gasteiger partial charge in [0.05, 0.1) is 12.9 Å². The third-order valence-corrected chi connectivity index (χ3v) is 3.99. The maximum atomic E-state index is 11.8. The number of aliphatic hydroxyl groups is 2. The Hall–Kier alpha value is -2.01. The number of anilines is 1. The average Bonchev–Trinajstić information content (AvgIpc) is 3.07. The molecule has 24 heavy (non-hydrogen) atoms. The highest BCUT2D eigenvalue weighted by Gasteiger charge is 2.44. The second kappa shape index (κ2) is 6.85. The van der Waals surface area contributed by atoms with E-state index in [-0.39, 0.29) is 23.7 Å². The number of nitrogens with zero attached hydrogens (tertiary/aromatic N) is 3. The van der Waals surface area contributed by atoms with Crippen LogP contribution in [0.5, 0.6) is 0 Å². The number of H-pyrrole nitrogens is 1. The first-order chi connectivity index (χ1) is 11.5. The molecule has 2 aromatic rings. The Morgan fingerprint density at radius 3 is 3.00 bits per heavy atom. The fraction of sp³-hybridized carbons (Fsp3) is 0.643. The molecule has 1 aliphatic rings. The summed E-state index contributed by atoms with van der Waals surface area (Å²) in [5.41, 5.74) is 5.33. The number of aromatic amines is 1. The SMILES string of the molecule is CCCCOC[C@H]1O[C@@H](n2cnc3c(=O)[nH]c(N)nc32)[C@H](O)[C@@H]1O. The number of nitrogens with two attached hydrogens (primary N) is 1. The molecule has 3 heterocycles. The van der Waals surface area contributed by atoms with Crippen molar-refractivity contribution in [3.8, 4) is 0 Å². The minimum atomic E-state index is -1.20. The summed E-state index contributed by atoms with van der Waals surface area (Å²) in [4.78, 5) is 22.2. The standard InChI is InChI=1S/C14H21N5O5/c1-2-3-4-23-5-7-9(20)10(21)13(24-7)19-6-16-8-11(19)17-14(15)18-12(8)22/h6-7,9-10,13,20-21H,2-5H2,1H3,(H3,15,17,18,22)/t7-,9-,10-,13-/m1/s1. The lowest BCUT2D eigenvalue weighted by molar-refractivity contribution is -0.0656. The number of hydrogen-bond acceptors (Lipinski definition) is 8. The number of nitrogen functional groups attached to an aromatic ring is 1. The molecule has 1 saturated heterocycles. The number of hydrogen-bond donors (Lipinski definition) is 4. The number of nitrogens with one attached hydrogen (secondary N) is 1. The zero-order valence-corrected chi connectivity index (χ0v) is 13.3. The maximum absolute atomic E-state index is 11.8. The molecule has 1 aliphatic heterocycles. The summed E-state index contributed by atoms with van der Waals surface area (Å²) in [6.07, 6.45) is -0.697. The van der Waals surface area contributed by atoms with E-state index in [1.54, 1.807) is 0 Å². The number of ether oxygens (including phenoxy) is 2. The van der Waals surface area contributed by atoms with E-state index in [9.17, 15) is 15.0 Å². The van der Waals surface area contributed by atoms with E-state index in [2.05, 4.69) is 21.9 Å². The van der Waals surface area contributed by atoms with Gasteiger partial charge in [0.15, 0.2) is 17.4 Å². The highest BCUT2D eigenvalue weighted by Crippen LogP contribution is 2.31. The van der Waals surface area contributed by atoms with E-state index in [0.29, 0.717) is 6.61 Å². The molecular weight excluding hydrogens is 318 g/mol. The van der Waals surface area contributed by atoms with Crippen LogP contribution in [-0.2, 0) is 9.47 Å². The molecular formula is C14H21N5O5. The molecule has 0 aliphatic carbocycles. The second-order valence-corrected chi connectivity index (χ2v) is 5.75. The van der Waals surface area contributed by atoms with Crippen LogP contribution in [0.15, 0.2) is 11.1 Å². The first-order valence-electron chi connectivity index (χ1n) is 7.84. The third kappa shape index (κ3) is 3.00. The predicted octanol–water partition coefficient (Wildman–Crippen LogP) is -0.862. The van der Waals surface area contributed by atoms with Crippen molar-refractivity contribution in [1.82, 2.24) is 19.5 Å². The Balaban J connectivity index is 1.81. The lowest BCUT2D eigenvalue weighted by Gasteiger charge is -2.16. The maximum Gasteiger partial charge on any atom is 0.280 e. The van der Waals surface area contributed by atoms with Gasteiger partial charge in [0, 0.05) is 6.61 Å². The van der Waals surface area contributed by atoms with Crippen LogP contribution >= 0.6 is 0 Å². The first kappa shape index (κ1) is 16.8. The smallest absolute Gasteiger partial charge is 0.280 e. The van der Waals surface area contributed by atoms with Crippen LogP contribution in [0.2, 0.25) is 0 Å². The zero-order chi connectivity index (χ0) is 17.3. The molecule has 0 aromatic carbocycles. The molecule has 132 valence electrons. The van der Waals surface area contributed by atoms with E-state index in [0.717, 1.165) is 12.8 Å². The summed E-state index contributed by atoms with van der Waals surface area (Å²) in [6, 6.07) is 0. The highest BCUT2D eigenvalue weighted by molar-refractivity contribution is 5.70. The van der Waals surface area contributed by atoms with E-state index in [1.807, 2.05) is 0 Å². The van der Waals surface area contributed by atoms with Gasteiger partial charge in [-0.25, -0.2) is 4.98 Å². The van der Waals surface area contributed by atoms with Crippen LogP contribution in [-0.4, -0.2) is 61.3 Å². The first-order valence-corrected chi connectivity index (χ1v) is 7.84. The van der Waals surface area contributed by atoms with Crippen LogP contribution in [0, 0.1) is 0 Å². The molecule has 0 radical (unpaired) electrons. The van der Waals surface area contributed by atoms with Gasteiger partial charge in [-0.15, -0.1) is 0 Å². The summed E-state index contributed by atoms with van der Waals surface area (Å²) in [5, 5.41) is 20.4. The van der Waals surface area contributed by atoms with Gasteiger partial charge in [0.25, 0.3) is 5.56 Å². The fourth-order valence-electron chi connectivity index (χ4n) is 2.67. The van der Waals surface area contributed by atoms with Gasteiger partial charge in [-0.3, -0.25) is 14.3 Å². The Kier molecular flexibility index (Phi) is 4.81. The van der Waals surface area contributed by atoms with Gasteiger partial charge in [0.1, 0.15) is 18.3 Å². The van der Waals surface area contributed by atoms with Gasteiger partial charge in [0.2, 0.25) is 5.95 Å². The lowest BCUT2D eigenvalue weighted by atomic mass is 10.1. The number of fused-ring (bicyclic) bond motifs is 1. The van der Waals surface area contributed by atoms with Crippen molar-refractivity contribution in [2.24, 2.45) is 0 Å². The van der Waals surface area contributed by atoms with Gasteiger partial charge < -0.3 is 25.4 Å². The molecule has 0 saturated carbocycles. The van der Waals surface area contributed by atoms with Gasteiger partial charge >= 0.3 is 0 Å². The topological polar surface area (TPSA) is 149 Å². The van der Waals surface area contributed by atoms with Crippen molar-refractivity contribution in [3.63, 3.8) is 0 Å². The van der Waals surface area contributed by atoms with Gasteiger partial charge in [-0.2, -0.15) is 4.98 Å². The third-order valence-electron chi connectivity index (χ3n) is 3.99. The minimum absolute atomic E-state index is 0.0678. The Labute approximate surface area is 137 Å². The van der Waals surface area contributed by atoms with Gasteiger partial charge in [-0.1, -0.05) is 13.3 Å². The molecule has 4 atom stereocenters. The molecule has 0 amide bonds. The van der Waals surface area contributed by atoms with Gasteiger partial charge in [-0.05, 0) is 6.42 Å². The second-order valence-electron chi connectivity index (χ2n) is 5.75. The molecule has 10 nitrogen and oxygen atoms in total. The number of aromatic nitrogens is 4. The number of imidazole rings is 1. The summed E-state index contributed by atoms with van der Waals surface area (Å²) < 4.78 is 12.5. The van der Waals surface area contributed by atoms with Crippen molar-refractivity contribution in [3.05, 3.63) is 16.7 Å². The van der Waals surface area contributed by atoms with Crippen LogP contribution in [0.3, 0.4) is 0 Å². The number of aliphatic hydroxyl groups excluding tert-OH is 2. The van der Waals surface area contributed by atoms with Crippen molar-refractivity contribution >= 4 is 17.1 Å². The Bertz CT molecular complexity index is 760. The van der Waals surface area contributed by atoms with E-state index in [1.165, 1.54) is 10.9 Å². The van der Waals surface area contributed by atoms with E-state index < -0.39 is 30.1 Å². The van der Waals surface area contributed by atoms with Crippen molar-refractivity contribution < 1.29 is 19.7 Å². The lowest BCUT2D eigenvalue weighted by Crippen LogP contribution is -2.34. The highest BCUT2D eigenvalue weighted by atomic mass is 16.6. The molecule has 0 spiro atoms. The van der Waals surface area contributed by atoms with Crippen molar-refractivity contribution in [2.45, 2.75) is 44.3 Å². The van der Waals surface area contributed by atoms with E-state index in [4.69, 9.17) is 15.2 Å². The molecule has 10 heteroatoms. The molecule has 2 aromatic heterocycles. The summed E-state index contributed by atoms with van der Waals surface area (Å²) >= 11 is 0. The van der Waals surface area contributed by atoms with Crippen LogP contribution in [0.25, 0.3) is 11.2 Å². The van der Waals surface area contributed by atoms with Crippen molar-refractivity contribution in [1.29, 1.82) is 0 Å². The van der Waals surface area contributed by atoms with Crippen molar-refractivity contribution in [2.75, 3.05) is 18.9 Å². The normalized spacial score (nSPS) is 27.1. The molecule has 0 bridgehead atoms. The zero-order valence-electron chi connectivity index (χ0n) is 13.3. The fourth-order valence-corrected chi connectivity index (χ4v) is 2.67. The van der Waals surface area contributed by atoms with Crippen LogP contribution < -0.4 is 11.3 Å². The average molecular weight is 339 g/mol. The molecule has 1 fully saturated rings. The largest absolute Gasteiger partial charge is 0.387 e. The summed E-state index contributed by atoms with van der Waals surface area (Å²) in [5.74, 6) is -0.0678. The van der Waals surface area contributed by atoms with Crippen LogP contribution in [0.1, 0.15) is 26.0 Å². The van der Waals surface area contributed by atoms with E-state index >= 15 is 0 Å². The predicted molar refractivity (Wildman–Crippen MR) is 84.2 cm³/mol. The number of unbranched alkanes of at least 4 members (excludes halogenated alkanes) is 1. The molecule has 0 unspecified atom stereocenters. The molecule has 5 N–H and O–H groups in total. The van der Waals surface area contributed by atoms with Crippen LogP contribution in [0.4, 0.5) is 5.95 Å². The Morgan fingerprint density at radius 2 is 2.25 bits per heavy atom.